The molecule has 1 atom stereocenters. The fourth-order valence-corrected chi connectivity index (χ4v) is 1.91. The smallest absolute Gasteiger partial charge is 0.127 e. The first-order valence-corrected chi connectivity index (χ1v) is 6.83. The monoisotopic (exact) mass is 275 g/mol. The van der Waals surface area contributed by atoms with Gasteiger partial charge in [-0.15, -0.1) is 0 Å². The minimum atomic E-state index is 0.225. The van der Waals surface area contributed by atoms with Crippen LogP contribution in [0.2, 0.25) is 5.02 Å². The molecule has 0 saturated carbocycles. The molecule has 0 saturated heterocycles. The fourth-order valence-electron chi connectivity index (χ4n) is 1.78. The molecule has 0 radical (unpaired) electrons. The molecule has 2 rings (SSSR count). The SMILES string of the molecule is CCC(N)Cc1ccc(Oc2ccc(Cl)cc2)cc1. The molecule has 0 aromatic heterocycles. The van der Waals surface area contributed by atoms with Crippen LogP contribution in [-0.4, -0.2) is 6.04 Å². The van der Waals surface area contributed by atoms with Gasteiger partial charge in [-0.05, 0) is 54.8 Å². The Labute approximate surface area is 119 Å². The van der Waals surface area contributed by atoms with Crippen molar-refractivity contribution in [2.45, 2.75) is 25.8 Å². The third-order valence-corrected chi connectivity index (χ3v) is 3.25. The summed E-state index contributed by atoms with van der Waals surface area (Å²) in [5, 5.41) is 0.705. The molecule has 0 aliphatic carbocycles. The van der Waals surface area contributed by atoms with Gasteiger partial charge in [0.1, 0.15) is 11.5 Å². The van der Waals surface area contributed by atoms with Gasteiger partial charge in [-0.25, -0.2) is 0 Å². The molecule has 3 heteroatoms. The van der Waals surface area contributed by atoms with E-state index in [-0.39, 0.29) is 6.04 Å². The molecule has 0 aliphatic rings. The Balaban J connectivity index is 2.00. The highest BCUT2D eigenvalue weighted by molar-refractivity contribution is 6.30. The zero-order valence-corrected chi connectivity index (χ0v) is 11.7. The molecule has 100 valence electrons. The number of nitrogens with two attached hydrogens (primary N) is 1. The molecular weight excluding hydrogens is 258 g/mol. The molecule has 0 bridgehead atoms. The molecule has 2 aromatic carbocycles. The number of hydrogen-bond acceptors (Lipinski definition) is 2. The normalized spacial score (nSPS) is 12.2. The molecule has 2 aromatic rings. The average molecular weight is 276 g/mol. The third kappa shape index (κ3) is 4.27. The standard InChI is InChI=1S/C16H18ClNO/c1-2-14(18)11-12-3-7-15(8-4-12)19-16-9-5-13(17)6-10-16/h3-10,14H,2,11,18H2,1H3. The quantitative estimate of drug-likeness (QED) is 0.877. The Kier molecular flexibility index (Phi) is 4.83. The summed E-state index contributed by atoms with van der Waals surface area (Å²) in [5.41, 5.74) is 7.17. The molecular formula is C16H18ClNO. The summed E-state index contributed by atoms with van der Waals surface area (Å²) in [6.07, 6.45) is 1.89. The van der Waals surface area contributed by atoms with E-state index in [1.807, 2.05) is 36.4 Å². The first-order chi connectivity index (χ1) is 9.17. The Morgan fingerprint density at radius 2 is 1.53 bits per heavy atom. The second-order valence-corrected chi connectivity index (χ2v) is 5.01. The highest BCUT2D eigenvalue weighted by atomic mass is 35.5. The van der Waals surface area contributed by atoms with Gasteiger partial charge in [0.25, 0.3) is 0 Å². The molecule has 0 heterocycles. The molecule has 2 nitrogen and oxygen atoms in total. The molecule has 0 aliphatic heterocycles. The summed E-state index contributed by atoms with van der Waals surface area (Å²) in [4.78, 5) is 0. The van der Waals surface area contributed by atoms with Crippen LogP contribution in [0.1, 0.15) is 18.9 Å². The molecule has 0 spiro atoms. The van der Waals surface area contributed by atoms with Crippen molar-refractivity contribution >= 4 is 11.6 Å². The van der Waals surface area contributed by atoms with Gasteiger partial charge in [-0.3, -0.25) is 0 Å². The van der Waals surface area contributed by atoms with E-state index in [2.05, 4.69) is 19.1 Å². The second kappa shape index (κ2) is 6.60. The molecule has 0 fully saturated rings. The number of rotatable bonds is 5. The summed E-state index contributed by atoms with van der Waals surface area (Å²) in [6, 6.07) is 15.6. The van der Waals surface area contributed by atoms with Crippen LogP contribution in [0.3, 0.4) is 0 Å². The second-order valence-electron chi connectivity index (χ2n) is 4.57. The van der Waals surface area contributed by atoms with Crippen molar-refractivity contribution in [1.29, 1.82) is 0 Å². The maximum atomic E-state index is 5.94. The van der Waals surface area contributed by atoms with Crippen LogP contribution in [0.5, 0.6) is 11.5 Å². The maximum absolute atomic E-state index is 5.94. The van der Waals surface area contributed by atoms with E-state index in [9.17, 15) is 0 Å². The van der Waals surface area contributed by atoms with Crippen molar-refractivity contribution < 1.29 is 4.74 Å². The van der Waals surface area contributed by atoms with Gasteiger partial charge in [0, 0.05) is 11.1 Å². The van der Waals surface area contributed by atoms with Crippen LogP contribution in [0.15, 0.2) is 48.5 Å². The minimum Gasteiger partial charge on any atom is -0.457 e. The van der Waals surface area contributed by atoms with Crippen LogP contribution in [-0.2, 0) is 6.42 Å². The van der Waals surface area contributed by atoms with Gasteiger partial charge in [0.15, 0.2) is 0 Å². The summed E-state index contributed by atoms with van der Waals surface area (Å²) < 4.78 is 5.73. The first-order valence-electron chi connectivity index (χ1n) is 6.45. The Hall–Kier alpha value is -1.51. The lowest BCUT2D eigenvalue weighted by Gasteiger charge is -2.10. The van der Waals surface area contributed by atoms with Crippen molar-refractivity contribution in [1.82, 2.24) is 0 Å². The predicted octanol–water partition coefficient (Wildman–Crippen LogP) is 4.41. The number of benzene rings is 2. The van der Waals surface area contributed by atoms with Crippen molar-refractivity contribution in [3.63, 3.8) is 0 Å². The molecule has 19 heavy (non-hydrogen) atoms. The summed E-state index contributed by atoms with van der Waals surface area (Å²) in [5.74, 6) is 1.60. The Morgan fingerprint density at radius 3 is 2.05 bits per heavy atom. The average Bonchev–Trinajstić information content (AvgIpc) is 2.43. The van der Waals surface area contributed by atoms with Gasteiger partial charge >= 0.3 is 0 Å². The van der Waals surface area contributed by atoms with Crippen LogP contribution in [0.4, 0.5) is 0 Å². The predicted molar refractivity (Wildman–Crippen MR) is 79.9 cm³/mol. The number of halogens is 1. The molecule has 0 amide bonds. The van der Waals surface area contributed by atoms with Gasteiger partial charge < -0.3 is 10.5 Å². The lowest BCUT2D eigenvalue weighted by atomic mass is 10.0. The van der Waals surface area contributed by atoms with E-state index in [4.69, 9.17) is 22.1 Å². The zero-order chi connectivity index (χ0) is 13.7. The van der Waals surface area contributed by atoms with E-state index in [0.29, 0.717) is 5.02 Å². The fraction of sp³-hybridized carbons (Fsp3) is 0.250. The topological polar surface area (TPSA) is 35.2 Å². The van der Waals surface area contributed by atoms with Gasteiger partial charge in [-0.2, -0.15) is 0 Å². The van der Waals surface area contributed by atoms with Crippen molar-refractivity contribution in [2.24, 2.45) is 5.73 Å². The lowest BCUT2D eigenvalue weighted by Crippen LogP contribution is -2.21. The Morgan fingerprint density at radius 1 is 1.00 bits per heavy atom. The van der Waals surface area contributed by atoms with Crippen LogP contribution in [0, 0.1) is 0 Å². The van der Waals surface area contributed by atoms with Gasteiger partial charge in [-0.1, -0.05) is 30.7 Å². The van der Waals surface area contributed by atoms with E-state index < -0.39 is 0 Å². The van der Waals surface area contributed by atoms with E-state index in [1.165, 1.54) is 5.56 Å². The largest absolute Gasteiger partial charge is 0.457 e. The van der Waals surface area contributed by atoms with E-state index in [1.54, 1.807) is 0 Å². The minimum absolute atomic E-state index is 0.225. The van der Waals surface area contributed by atoms with Crippen molar-refractivity contribution in [2.75, 3.05) is 0 Å². The van der Waals surface area contributed by atoms with Crippen molar-refractivity contribution in [3.05, 3.63) is 59.1 Å². The Bertz CT molecular complexity index is 507. The molecule has 1 unspecified atom stereocenters. The maximum Gasteiger partial charge on any atom is 0.127 e. The van der Waals surface area contributed by atoms with Crippen LogP contribution in [0.25, 0.3) is 0 Å². The van der Waals surface area contributed by atoms with E-state index >= 15 is 0 Å². The first kappa shape index (κ1) is 13.9. The van der Waals surface area contributed by atoms with Crippen LogP contribution < -0.4 is 10.5 Å². The van der Waals surface area contributed by atoms with E-state index in [0.717, 1.165) is 24.3 Å². The van der Waals surface area contributed by atoms with Gasteiger partial charge in [0.2, 0.25) is 0 Å². The van der Waals surface area contributed by atoms with Gasteiger partial charge in [0.05, 0.1) is 0 Å². The van der Waals surface area contributed by atoms with Crippen molar-refractivity contribution in [3.8, 4) is 11.5 Å². The molecule has 2 N–H and O–H groups in total. The van der Waals surface area contributed by atoms with Crippen LogP contribution >= 0.6 is 11.6 Å². The lowest BCUT2D eigenvalue weighted by molar-refractivity contribution is 0.482. The number of ether oxygens (including phenoxy) is 1. The zero-order valence-electron chi connectivity index (χ0n) is 11.0. The summed E-state index contributed by atoms with van der Waals surface area (Å²) in [7, 11) is 0. The summed E-state index contributed by atoms with van der Waals surface area (Å²) >= 11 is 5.83. The summed E-state index contributed by atoms with van der Waals surface area (Å²) in [6.45, 7) is 2.10. The number of hydrogen-bond donors (Lipinski definition) is 1. The highest BCUT2D eigenvalue weighted by Crippen LogP contribution is 2.23. The third-order valence-electron chi connectivity index (χ3n) is 2.99. The highest BCUT2D eigenvalue weighted by Gasteiger charge is 2.02.